The van der Waals surface area contributed by atoms with E-state index in [2.05, 4.69) is 12.2 Å². The third-order valence-electron chi connectivity index (χ3n) is 3.26. The molecule has 3 heteroatoms. The fraction of sp³-hybridized carbons (Fsp3) is 1.00. The van der Waals surface area contributed by atoms with Gasteiger partial charge in [-0.05, 0) is 38.1 Å². The number of rotatable bonds is 6. The first kappa shape index (κ1) is 12.0. The zero-order valence-corrected chi connectivity index (χ0v) is 9.08. The third kappa shape index (κ3) is 3.56. The lowest BCUT2D eigenvalue weighted by molar-refractivity contribution is 0.144. The maximum atomic E-state index is 9.59. The molecule has 1 rings (SSSR count). The largest absolute Gasteiger partial charge is 0.396 e. The Kier molecular flexibility index (Phi) is 5.45. The Hall–Kier alpha value is -0.120. The van der Waals surface area contributed by atoms with Gasteiger partial charge in [0.1, 0.15) is 0 Å². The van der Waals surface area contributed by atoms with Gasteiger partial charge in [0.25, 0.3) is 0 Å². The third-order valence-corrected chi connectivity index (χ3v) is 3.26. The maximum Gasteiger partial charge on any atom is 0.0693 e. The van der Waals surface area contributed by atoms with Crippen molar-refractivity contribution in [3.63, 3.8) is 0 Å². The van der Waals surface area contributed by atoms with Gasteiger partial charge in [0.05, 0.1) is 6.10 Å². The molecule has 0 radical (unpaired) electrons. The van der Waals surface area contributed by atoms with Crippen molar-refractivity contribution in [2.45, 2.75) is 51.2 Å². The van der Waals surface area contributed by atoms with Gasteiger partial charge in [-0.15, -0.1) is 0 Å². The fourth-order valence-electron chi connectivity index (χ4n) is 2.13. The molecule has 3 unspecified atom stereocenters. The number of aliphatic hydroxyl groups excluding tert-OH is 2. The summed E-state index contributed by atoms with van der Waals surface area (Å²) < 4.78 is 0. The zero-order chi connectivity index (χ0) is 10.4. The fourth-order valence-corrected chi connectivity index (χ4v) is 2.13. The lowest BCUT2D eigenvalue weighted by atomic mass is 10.0. The summed E-state index contributed by atoms with van der Waals surface area (Å²) in [7, 11) is 0. The molecule has 1 aliphatic rings. The van der Waals surface area contributed by atoms with Gasteiger partial charge < -0.3 is 15.5 Å². The SMILES string of the molecule is CCC(CCO)CNC1CCCC1O. The van der Waals surface area contributed by atoms with Crippen molar-refractivity contribution < 1.29 is 10.2 Å². The first-order valence-electron chi connectivity index (χ1n) is 5.80. The van der Waals surface area contributed by atoms with E-state index in [1.165, 1.54) is 0 Å². The van der Waals surface area contributed by atoms with Crippen molar-refractivity contribution in [1.29, 1.82) is 0 Å². The molecule has 1 fully saturated rings. The summed E-state index contributed by atoms with van der Waals surface area (Å²) in [5, 5.41) is 21.8. The molecule has 0 saturated heterocycles. The van der Waals surface area contributed by atoms with E-state index in [9.17, 15) is 5.11 Å². The number of aliphatic hydroxyl groups is 2. The molecule has 1 saturated carbocycles. The predicted molar refractivity (Wildman–Crippen MR) is 57.1 cm³/mol. The van der Waals surface area contributed by atoms with Crippen LogP contribution in [-0.4, -0.2) is 35.5 Å². The second-order valence-corrected chi connectivity index (χ2v) is 4.30. The van der Waals surface area contributed by atoms with Crippen LogP contribution >= 0.6 is 0 Å². The lowest BCUT2D eigenvalue weighted by Gasteiger charge is -2.20. The van der Waals surface area contributed by atoms with E-state index in [4.69, 9.17) is 5.11 Å². The van der Waals surface area contributed by atoms with Crippen LogP contribution in [0.5, 0.6) is 0 Å². The molecule has 3 nitrogen and oxygen atoms in total. The Bertz CT molecular complexity index is 152. The average molecular weight is 201 g/mol. The zero-order valence-electron chi connectivity index (χ0n) is 9.08. The highest BCUT2D eigenvalue weighted by molar-refractivity contribution is 4.83. The summed E-state index contributed by atoms with van der Waals surface area (Å²) in [5.74, 6) is 0.549. The highest BCUT2D eigenvalue weighted by atomic mass is 16.3. The Balaban J connectivity index is 2.17. The van der Waals surface area contributed by atoms with Crippen LogP contribution in [0.25, 0.3) is 0 Å². The first-order chi connectivity index (χ1) is 6.77. The highest BCUT2D eigenvalue weighted by Gasteiger charge is 2.24. The summed E-state index contributed by atoms with van der Waals surface area (Å²) >= 11 is 0. The molecule has 3 atom stereocenters. The minimum atomic E-state index is -0.151. The maximum absolute atomic E-state index is 9.59. The van der Waals surface area contributed by atoms with Gasteiger partial charge in [-0.1, -0.05) is 13.3 Å². The Morgan fingerprint density at radius 3 is 2.71 bits per heavy atom. The number of nitrogens with one attached hydrogen (secondary N) is 1. The molecule has 0 heterocycles. The van der Waals surface area contributed by atoms with Crippen molar-refractivity contribution in [2.75, 3.05) is 13.2 Å². The second kappa shape index (κ2) is 6.38. The molecule has 0 aromatic rings. The summed E-state index contributed by atoms with van der Waals surface area (Å²) in [6.45, 7) is 3.35. The van der Waals surface area contributed by atoms with Crippen molar-refractivity contribution >= 4 is 0 Å². The molecule has 84 valence electrons. The molecule has 0 bridgehead atoms. The van der Waals surface area contributed by atoms with Crippen LogP contribution in [-0.2, 0) is 0 Å². The van der Waals surface area contributed by atoms with Gasteiger partial charge in [-0.25, -0.2) is 0 Å². The van der Waals surface area contributed by atoms with Crippen molar-refractivity contribution in [1.82, 2.24) is 5.32 Å². The molecule has 0 aliphatic heterocycles. The molecule has 1 aliphatic carbocycles. The van der Waals surface area contributed by atoms with Crippen LogP contribution in [0.3, 0.4) is 0 Å². The van der Waals surface area contributed by atoms with Crippen LogP contribution in [0, 0.1) is 5.92 Å². The molecule has 0 amide bonds. The molecule has 14 heavy (non-hydrogen) atoms. The van der Waals surface area contributed by atoms with Crippen LogP contribution in [0.1, 0.15) is 39.0 Å². The van der Waals surface area contributed by atoms with Gasteiger partial charge in [-0.3, -0.25) is 0 Å². The van der Waals surface area contributed by atoms with E-state index in [-0.39, 0.29) is 12.7 Å². The quantitative estimate of drug-likeness (QED) is 0.598. The average Bonchev–Trinajstić information content (AvgIpc) is 2.59. The number of hydrogen-bond acceptors (Lipinski definition) is 3. The molecular weight excluding hydrogens is 178 g/mol. The van der Waals surface area contributed by atoms with E-state index in [1.54, 1.807) is 0 Å². The standard InChI is InChI=1S/C11H23NO2/c1-2-9(6-7-13)8-12-10-4-3-5-11(10)14/h9-14H,2-8H2,1H3. The normalized spacial score (nSPS) is 29.4. The van der Waals surface area contributed by atoms with Crippen molar-refractivity contribution in [3.05, 3.63) is 0 Å². The molecule has 0 aromatic heterocycles. The Morgan fingerprint density at radius 1 is 1.43 bits per heavy atom. The second-order valence-electron chi connectivity index (χ2n) is 4.30. The Morgan fingerprint density at radius 2 is 2.21 bits per heavy atom. The summed E-state index contributed by atoms with van der Waals surface area (Å²) in [4.78, 5) is 0. The summed E-state index contributed by atoms with van der Waals surface area (Å²) in [5.41, 5.74) is 0. The lowest BCUT2D eigenvalue weighted by Crippen LogP contribution is -2.38. The summed E-state index contributed by atoms with van der Waals surface area (Å²) in [6, 6.07) is 0.294. The van der Waals surface area contributed by atoms with Crippen LogP contribution in [0.4, 0.5) is 0 Å². The minimum absolute atomic E-state index is 0.151. The predicted octanol–water partition coefficient (Wildman–Crippen LogP) is 0.898. The van der Waals surface area contributed by atoms with Crippen LogP contribution in [0.15, 0.2) is 0 Å². The van der Waals surface area contributed by atoms with Crippen molar-refractivity contribution in [2.24, 2.45) is 5.92 Å². The van der Waals surface area contributed by atoms with Gasteiger partial charge in [-0.2, -0.15) is 0 Å². The molecular formula is C11H23NO2. The van der Waals surface area contributed by atoms with Gasteiger partial charge in [0, 0.05) is 12.6 Å². The highest BCUT2D eigenvalue weighted by Crippen LogP contribution is 2.19. The van der Waals surface area contributed by atoms with Crippen molar-refractivity contribution in [3.8, 4) is 0 Å². The van der Waals surface area contributed by atoms with E-state index in [0.717, 1.165) is 38.6 Å². The molecule has 0 spiro atoms. The summed E-state index contributed by atoms with van der Waals surface area (Å²) in [6.07, 6.45) is 4.98. The smallest absolute Gasteiger partial charge is 0.0693 e. The van der Waals surface area contributed by atoms with Gasteiger partial charge >= 0.3 is 0 Å². The van der Waals surface area contributed by atoms with E-state index >= 15 is 0 Å². The van der Waals surface area contributed by atoms with E-state index < -0.39 is 0 Å². The molecule has 0 aromatic carbocycles. The van der Waals surface area contributed by atoms with Gasteiger partial charge in [0.15, 0.2) is 0 Å². The Labute approximate surface area is 86.5 Å². The topological polar surface area (TPSA) is 52.5 Å². The minimum Gasteiger partial charge on any atom is -0.396 e. The monoisotopic (exact) mass is 201 g/mol. The van der Waals surface area contributed by atoms with Crippen LogP contribution < -0.4 is 5.32 Å². The first-order valence-corrected chi connectivity index (χ1v) is 5.80. The van der Waals surface area contributed by atoms with Crippen LogP contribution in [0.2, 0.25) is 0 Å². The number of hydrogen-bond donors (Lipinski definition) is 3. The van der Waals surface area contributed by atoms with Gasteiger partial charge in [0.2, 0.25) is 0 Å². The van der Waals surface area contributed by atoms with E-state index in [0.29, 0.717) is 12.0 Å². The van der Waals surface area contributed by atoms with E-state index in [1.807, 2.05) is 0 Å². The molecule has 3 N–H and O–H groups in total.